The van der Waals surface area contributed by atoms with Gasteiger partial charge in [-0.1, -0.05) is 452 Å². The minimum absolute atomic E-state index is 0.0648. The van der Waals surface area contributed by atoms with Crippen LogP contribution in [0.2, 0.25) is 0 Å². The molecule has 134 heavy (non-hydrogen) atoms. The Hall–Kier alpha value is -10.7. The molecule has 13 aromatic carbocycles. The molecular formula is C130H156BN3. The van der Waals surface area contributed by atoms with Crippen molar-refractivity contribution in [1.82, 2.24) is 4.57 Å². The quantitative estimate of drug-likeness (QED) is 0.141. The lowest BCUT2D eigenvalue weighted by atomic mass is 9.33. The Labute approximate surface area is 814 Å². The van der Waals surface area contributed by atoms with Crippen LogP contribution >= 0.6 is 0 Å². The molecule has 1 aromatic heterocycles. The number of nitrogens with one attached hydrogen (secondary N) is 2. The second-order valence-corrected chi connectivity index (χ2v) is 53.4. The topological polar surface area (TPSA) is 29.0 Å². The number of fused-ring (bicyclic) bond motifs is 7. The smallest absolute Gasteiger partial charge is 0.252 e. The fraction of sp³-hybridized carbons (Fsp3) is 0.400. The van der Waals surface area contributed by atoms with Gasteiger partial charge in [-0.2, -0.15) is 0 Å². The van der Waals surface area contributed by atoms with E-state index in [0.29, 0.717) is 10.9 Å². The monoisotopic (exact) mass is 1770 g/mol. The number of benzene rings is 13. The highest BCUT2D eigenvalue weighted by Crippen LogP contribution is 2.55. The van der Waals surface area contributed by atoms with Gasteiger partial charge in [0.2, 0.25) is 0 Å². The first-order valence-corrected chi connectivity index (χ1v) is 49.6. The highest BCUT2D eigenvalue weighted by Gasteiger charge is 2.44. The molecule has 2 aliphatic rings. The van der Waals surface area contributed by atoms with Crippen molar-refractivity contribution in [2.24, 2.45) is 0 Å². The Morgan fingerprint density at radius 3 is 0.731 bits per heavy atom. The molecule has 0 fully saturated rings. The molecule has 0 radical (unpaired) electrons. The number of rotatable bonds is 9. The van der Waals surface area contributed by atoms with E-state index in [1.165, 1.54) is 66.8 Å². The van der Waals surface area contributed by atoms with E-state index in [0.717, 1.165) is 150 Å². The molecule has 2 aliphatic heterocycles. The molecule has 16 rings (SSSR count). The molecule has 0 saturated heterocycles. The summed E-state index contributed by atoms with van der Waals surface area (Å²) in [5.74, 6) is 0. The van der Waals surface area contributed by atoms with Crippen LogP contribution < -0.4 is 27.0 Å². The third-order valence-corrected chi connectivity index (χ3v) is 29.0. The number of anilines is 4. The lowest BCUT2D eigenvalue weighted by Crippen LogP contribution is -2.59. The van der Waals surface area contributed by atoms with Crippen LogP contribution in [0.4, 0.5) is 22.7 Å². The van der Waals surface area contributed by atoms with Crippen molar-refractivity contribution in [2.75, 3.05) is 10.6 Å². The van der Waals surface area contributed by atoms with Crippen molar-refractivity contribution < 1.29 is 5.48 Å². The Bertz CT molecular complexity index is 6570. The van der Waals surface area contributed by atoms with Gasteiger partial charge in [0.05, 0.1) is 22.2 Å². The van der Waals surface area contributed by atoms with E-state index in [1.54, 1.807) is 0 Å². The summed E-state index contributed by atoms with van der Waals surface area (Å²) in [6, 6.07) is 79.9. The van der Waals surface area contributed by atoms with E-state index >= 15 is 0 Å². The summed E-state index contributed by atoms with van der Waals surface area (Å²) < 4.78 is 41.9. The van der Waals surface area contributed by atoms with Gasteiger partial charge in [-0.05, 0) is 279 Å². The Morgan fingerprint density at radius 1 is 0.224 bits per heavy atom. The van der Waals surface area contributed by atoms with Crippen molar-refractivity contribution in [3.63, 3.8) is 0 Å². The van der Waals surface area contributed by atoms with Gasteiger partial charge in [-0.15, -0.1) is 0 Å². The van der Waals surface area contributed by atoms with Crippen molar-refractivity contribution in [3.8, 4) is 94.7 Å². The molecular weight excluding hydrogens is 1610 g/mol. The van der Waals surface area contributed by atoms with Crippen molar-refractivity contribution in [2.45, 2.75) is 340 Å². The average Bonchev–Trinajstić information content (AvgIpc) is 1.61. The van der Waals surface area contributed by atoms with Crippen LogP contribution in [0.15, 0.2) is 224 Å². The summed E-state index contributed by atoms with van der Waals surface area (Å²) in [5.41, 5.74) is 40.2. The Morgan fingerprint density at radius 2 is 0.470 bits per heavy atom. The highest BCUT2D eigenvalue weighted by molar-refractivity contribution is 7.00. The summed E-state index contributed by atoms with van der Waals surface area (Å²) in [5, 5.41) is 10.4. The van der Waals surface area contributed by atoms with E-state index in [4.69, 9.17) is 0 Å². The molecule has 0 saturated carbocycles. The molecule has 0 aliphatic carbocycles. The van der Waals surface area contributed by atoms with Gasteiger partial charge < -0.3 is 15.2 Å². The summed E-state index contributed by atoms with van der Waals surface area (Å²) in [4.78, 5) is 0. The normalized spacial score (nSPS) is 14.3. The summed E-state index contributed by atoms with van der Waals surface area (Å²) >= 11 is 0. The summed E-state index contributed by atoms with van der Waals surface area (Å²) in [7, 11) is 0. The standard InChI is InChI=1S/C130H156BN3/c1-118(2,3)85-50-51-112-104(74-85)103-44-40-41-49-111(103)134(112)98-75-109-115-110(76-98)133-117-106(114-101(83-60-94(127(28,29)30)72-95(61-83)128(31,32)33)47-43-48-102(114)84-62-96(129(34,35)36)73-97(63-84)130(37,38)39)65-80(78-54-88(121(10,11)12)69-89(55-78)122(13,14)15)67-108(117)131(115)107-66-79(77-52-86(119(4,5)6)68-87(53-77)120(7,8)9)64-105(116(107)132-109)113-99(81-56-90(123(16,17)18)70-91(57-81)124(19,20)21)45-42-46-100(113)82-58-92(125(22,23)24)71-93(59-82)126(25,26)27/h40-76,132-133H,1-39H3/i40D,41D,44D,49D. The molecule has 0 unspecified atom stereocenters. The molecule has 0 bridgehead atoms. The zero-order chi connectivity index (χ0) is 101. The second kappa shape index (κ2) is 32.5. The molecule has 3 heterocycles. The SMILES string of the molecule is [2H]c1c([2H])c([2H])c2c(c1[2H])c1cc(C(C)(C)C)ccc1n2-c1cc2c3c(c1)Nc1c(cc(-c4cc(C(C)(C)C)cc(C(C)(C)C)c4)cc1-c1c(-c4cc(C(C)(C)C)cc(C(C)(C)C)c4)cccc1-c1cc(C(C)(C)C)cc(C(C)(C)C)c1)B3c1cc(-c3cc(C(C)(C)C)cc(C(C)(C)C)c3)cc(-c3c(-c4cc(C(C)(C)C)cc(C(C)(C)C)c4)cccc3-c3cc(C(C)(C)C)cc(C(C)(C)C)c3)c1N2. The molecule has 2 N–H and O–H groups in total. The van der Waals surface area contributed by atoms with Crippen LogP contribution in [-0.4, -0.2) is 11.3 Å². The maximum Gasteiger partial charge on any atom is 0.252 e. The van der Waals surface area contributed by atoms with Crippen molar-refractivity contribution in [1.29, 1.82) is 0 Å². The van der Waals surface area contributed by atoms with E-state index in [9.17, 15) is 5.48 Å². The van der Waals surface area contributed by atoms with E-state index in [2.05, 4.69) is 485 Å². The Balaban J connectivity index is 1.20. The van der Waals surface area contributed by atoms with Crippen molar-refractivity contribution in [3.05, 3.63) is 297 Å². The van der Waals surface area contributed by atoms with E-state index in [1.807, 2.05) is 0 Å². The number of hydrogen-bond donors (Lipinski definition) is 2. The van der Waals surface area contributed by atoms with Crippen LogP contribution in [0.25, 0.3) is 117 Å². The van der Waals surface area contributed by atoms with Gasteiger partial charge in [0, 0.05) is 44.6 Å². The van der Waals surface area contributed by atoms with Gasteiger partial charge in [-0.3, -0.25) is 0 Å². The largest absolute Gasteiger partial charge is 0.356 e. The van der Waals surface area contributed by atoms with Gasteiger partial charge in [0.1, 0.15) is 0 Å². The lowest BCUT2D eigenvalue weighted by molar-refractivity contribution is 0.568. The number of nitrogens with zero attached hydrogens (tertiary/aromatic N) is 1. The average molecular weight is 1780 g/mol. The molecule has 3 nitrogen and oxygen atoms in total. The zero-order valence-electron chi connectivity index (χ0n) is 93.1. The maximum absolute atomic E-state index is 10.4. The molecule has 14 aromatic rings. The molecule has 4 heteroatoms. The fourth-order valence-corrected chi connectivity index (χ4v) is 19.8. The highest BCUT2D eigenvalue weighted by atomic mass is 15.0. The molecule has 694 valence electrons. The number of para-hydroxylation sites is 1. The van der Waals surface area contributed by atoms with E-state index < -0.39 is 6.71 Å². The first kappa shape index (κ1) is 91.1. The second-order valence-electron chi connectivity index (χ2n) is 53.4. The van der Waals surface area contributed by atoms with Crippen LogP contribution in [0.1, 0.15) is 348 Å². The molecule has 0 atom stereocenters. The van der Waals surface area contributed by atoms with Gasteiger partial charge >= 0.3 is 0 Å². The third-order valence-electron chi connectivity index (χ3n) is 29.0. The minimum atomic E-state index is -0.521. The number of aromatic nitrogens is 1. The molecule has 0 spiro atoms. The van der Waals surface area contributed by atoms with Gasteiger partial charge in [0.15, 0.2) is 0 Å². The predicted molar refractivity (Wildman–Crippen MR) is 591 cm³/mol. The van der Waals surface area contributed by atoms with Crippen LogP contribution in [-0.2, 0) is 70.4 Å². The van der Waals surface area contributed by atoms with Crippen LogP contribution in [0, 0.1) is 0 Å². The fourth-order valence-electron chi connectivity index (χ4n) is 19.8. The van der Waals surface area contributed by atoms with Crippen LogP contribution in [0.3, 0.4) is 0 Å². The Kier molecular flexibility index (Phi) is 22.1. The summed E-state index contributed by atoms with van der Waals surface area (Å²) in [6.07, 6.45) is 0. The first-order valence-electron chi connectivity index (χ1n) is 51.6. The number of hydrogen-bond acceptors (Lipinski definition) is 2. The van der Waals surface area contributed by atoms with Gasteiger partial charge in [-0.25, -0.2) is 0 Å². The summed E-state index contributed by atoms with van der Waals surface area (Å²) in [6.45, 7) is 91.2. The van der Waals surface area contributed by atoms with E-state index in [-0.39, 0.29) is 94.6 Å². The van der Waals surface area contributed by atoms with Gasteiger partial charge in [0.25, 0.3) is 6.71 Å². The lowest BCUT2D eigenvalue weighted by Gasteiger charge is -2.38. The maximum atomic E-state index is 10.4. The van der Waals surface area contributed by atoms with Crippen LogP contribution in [0.5, 0.6) is 0 Å². The zero-order valence-corrected chi connectivity index (χ0v) is 89.1. The molecule has 0 amide bonds. The minimum Gasteiger partial charge on any atom is -0.356 e. The van der Waals surface area contributed by atoms with Crippen molar-refractivity contribution >= 4 is 67.7 Å². The predicted octanol–water partition coefficient (Wildman–Crippen LogP) is 35.6. The third kappa shape index (κ3) is 18.6. The first-order chi connectivity index (χ1) is 63.2.